The number of fused-ring (bicyclic) bond motifs is 1. The van der Waals surface area contributed by atoms with Gasteiger partial charge in [-0.2, -0.15) is 0 Å². The summed E-state index contributed by atoms with van der Waals surface area (Å²) in [6, 6.07) is 8.83. The largest absolute Gasteiger partial charge is 0.477 e. The highest BCUT2D eigenvalue weighted by atomic mass is 32.1. The van der Waals surface area contributed by atoms with Crippen LogP contribution in [0, 0.1) is 0 Å². The summed E-state index contributed by atoms with van der Waals surface area (Å²) < 4.78 is 0. The summed E-state index contributed by atoms with van der Waals surface area (Å²) >= 11 is 1.08. The fourth-order valence-electron chi connectivity index (χ4n) is 1.90. The minimum atomic E-state index is -1.05. The van der Waals surface area contributed by atoms with Crippen molar-refractivity contribution < 1.29 is 20.0 Å². The van der Waals surface area contributed by atoms with Gasteiger partial charge in [-0.3, -0.25) is 4.98 Å². The van der Waals surface area contributed by atoms with Crippen LogP contribution in [0.5, 0.6) is 0 Å². The average Bonchev–Trinajstić information content (AvgIpc) is 2.95. The van der Waals surface area contributed by atoms with Crippen molar-refractivity contribution >= 4 is 39.9 Å². The van der Waals surface area contributed by atoms with Crippen LogP contribution in [-0.2, 0) is 0 Å². The number of benzene rings is 1. The molecule has 3 aromatic rings. The number of nitrogens with two attached hydrogens (primary N) is 1. The van der Waals surface area contributed by atoms with E-state index in [-0.39, 0.29) is 16.5 Å². The van der Waals surface area contributed by atoms with E-state index in [0.29, 0.717) is 16.7 Å². The van der Waals surface area contributed by atoms with Crippen LogP contribution in [0.25, 0.3) is 11.0 Å². The summed E-state index contributed by atoms with van der Waals surface area (Å²) in [4.78, 5) is 31.8. The number of carboxylic acid groups (broad SMARTS) is 1. The Labute approximate surface area is 123 Å². The SMILES string of the molecule is O=C([NH2+]c1ccsc1C(=O)O)c1cnc2ccccc2n1. The van der Waals surface area contributed by atoms with Crippen molar-refractivity contribution in [3.63, 3.8) is 0 Å². The van der Waals surface area contributed by atoms with Gasteiger partial charge in [-0.15, -0.1) is 11.3 Å². The Morgan fingerprint density at radius 3 is 2.67 bits per heavy atom. The first-order valence-corrected chi connectivity index (χ1v) is 6.95. The lowest BCUT2D eigenvalue weighted by molar-refractivity contribution is -0.464. The highest BCUT2D eigenvalue weighted by Crippen LogP contribution is 2.17. The minimum Gasteiger partial charge on any atom is -0.477 e. The quantitative estimate of drug-likeness (QED) is 0.762. The third kappa shape index (κ3) is 2.64. The van der Waals surface area contributed by atoms with Crippen molar-refractivity contribution in [1.29, 1.82) is 0 Å². The molecule has 0 spiro atoms. The van der Waals surface area contributed by atoms with Gasteiger partial charge in [-0.1, -0.05) is 12.1 Å². The standard InChI is InChI=1S/C14H9N3O3S/c18-13(17-10-5-6-21-12(10)14(19)20)11-7-15-8-3-1-2-4-9(8)16-11/h1-7H,(H,17,18)(H,19,20)/p+1. The van der Waals surface area contributed by atoms with E-state index in [1.807, 2.05) is 18.2 Å². The van der Waals surface area contributed by atoms with Crippen LogP contribution in [0.2, 0.25) is 0 Å². The van der Waals surface area contributed by atoms with E-state index in [0.717, 1.165) is 11.3 Å². The number of aromatic carboxylic acids is 1. The summed E-state index contributed by atoms with van der Waals surface area (Å²) in [6.07, 6.45) is 1.40. The van der Waals surface area contributed by atoms with Crippen LogP contribution >= 0.6 is 11.3 Å². The van der Waals surface area contributed by atoms with Crippen LogP contribution in [-0.4, -0.2) is 27.0 Å². The number of carbonyl (C=O) groups is 2. The Balaban J connectivity index is 1.90. The maximum Gasteiger partial charge on any atom is 0.367 e. The average molecular weight is 300 g/mol. The second-order valence-corrected chi connectivity index (χ2v) is 5.18. The normalized spacial score (nSPS) is 10.7. The zero-order chi connectivity index (χ0) is 14.8. The third-order valence-electron chi connectivity index (χ3n) is 2.88. The van der Waals surface area contributed by atoms with Crippen molar-refractivity contribution in [3.8, 4) is 0 Å². The molecule has 0 aliphatic heterocycles. The molecule has 0 fully saturated rings. The lowest BCUT2D eigenvalue weighted by Gasteiger charge is -2.00. The molecule has 0 radical (unpaired) electrons. The molecule has 1 amide bonds. The van der Waals surface area contributed by atoms with Gasteiger partial charge in [0.25, 0.3) is 0 Å². The molecule has 1 aromatic carbocycles. The number of carbonyl (C=O) groups excluding carboxylic acids is 1. The van der Waals surface area contributed by atoms with E-state index in [9.17, 15) is 9.59 Å². The van der Waals surface area contributed by atoms with Gasteiger partial charge in [-0.05, 0) is 17.5 Å². The Hall–Kier alpha value is -2.64. The first-order valence-electron chi connectivity index (χ1n) is 6.07. The molecule has 0 saturated carbocycles. The molecule has 0 saturated heterocycles. The number of nitrogens with zero attached hydrogens (tertiary/aromatic N) is 2. The van der Waals surface area contributed by atoms with Crippen molar-refractivity contribution in [1.82, 2.24) is 9.97 Å². The van der Waals surface area contributed by atoms with Crippen LogP contribution in [0.4, 0.5) is 5.69 Å². The number of rotatable bonds is 3. The van der Waals surface area contributed by atoms with Gasteiger partial charge in [0.15, 0.2) is 16.3 Å². The second-order valence-electron chi connectivity index (χ2n) is 4.26. The molecule has 0 unspecified atom stereocenters. The Kier molecular flexibility index (Phi) is 3.43. The topological polar surface area (TPSA) is 96.8 Å². The van der Waals surface area contributed by atoms with E-state index in [4.69, 9.17) is 5.11 Å². The van der Waals surface area contributed by atoms with Crippen LogP contribution in [0.1, 0.15) is 20.2 Å². The summed E-state index contributed by atoms with van der Waals surface area (Å²) in [5, 5.41) is 11.9. The third-order valence-corrected chi connectivity index (χ3v) is 3.80. The molecule has 2 heterocycles. The summed E-state index contributed by atoms with van der Waals surface area (Å²) in [7, 11) is 0. The van der Waals surface area contributed by atoms with Crippen molar-refractivity contribution in [2.24, 2.45) is 0 Å². The predicted molar refractivity (Wildman–Crippen MR) is 76.7 cm³/mol. The molecule has 3 rings (SSSR count). The van der Waals surface area contributed by atoms with Crippen molar-refractivity contribution in [3.05, 3.63) is 52.5 Å². The number of aromatic nitrogens is 2. The van der Waals surface area contributed by atoms with Gasteiger partial charge in [0.2, 0.25) is 0 Å². The molecule has 6 nitrogen and oxygen atoms in total. The van der Waals surface area contributed by atoms with E-state index >= 15 is 0 Å². The number of amides is 1. The van der Waals surface area contributed by atoms with Gasteiger partial charge >= 0.3 is 11.9 Å². The predicted octanol–water partition coefficient (Wildman–Crippen LogP) is 1.42. The van der Waals surface area contributed by atoms with Crippen LogP contribution in [0.3, 0.4) is 0 Å². The Bertz CT molecular complexity index is 844. The molecule has 104 valence electrons. The van der Waals surface area contributed by atoms with E-state index in [1.165, 1.54) is 11.5 Å². The van der Waals surface area contributed by atoms with Gasteiger partial charge in [-0.25, -0.2) is 19.9 Å². The van der Waals surface area contributed by atoms with Gasteiger partial charge in [0.1, 0.15) is 0 Å². The molecule has 3 N–H and O–H groups in total. The molecular weight excluding hydrogens is 290 g/mol. The first kappa shape index (κ1) is 13.3. The summed E-state index contributed by atoms with van der Waals surface area (Å²) in [5.74, 6) is -1.41. The lowest BCUT2D eigenvalue weighted by atomic mass is 10.3. The number of hydrogen-bond donors (Lipinski definition) is 2. The van der Waals surface area contributed by atoms with Gasteiger partial charge < -0.3 is 5.11 Å². The first-order chi connectivity index (χ1) is 10.1. The second kappa shape index (κ2) is 5.39. The monoisotopic (exact) mass is 300 g/mol. The molecular formula is C14H10N3O3S+. The minimum absolute atomic E-state index is 0.136. The number of primary amides is 1. The fraction of sp³-hybridized carbons (Fsp3) is 0. The maximum atomic E-state index is 12.2. The van der Waals surface area contributed by atoms with Gasteiger partial charge in [0.05, 0.1) is 17.2 Å². The van der Waals surface area contributed by atoms with Crippen molar-refractivity contribution in [2.45, 2.75) is 0 Å². The van der Waals surface area contributed by atoms with E-state index in [1.54, 1.807) is 17.5 Å². The molecule has 0 bridgehead atoms. The summed E-state index contributed by atoms with van der Waals surface area (Å²) in [5.41, 5.74) is 1.90. The van der Waals surface area contributed by atoms with Gasteiger partial charge in [0, 0.05) is 6.07 Å². The number of quaternary nitrogens is 1. The van der Waals surface area contributed by atoms with Crippen molar-refractivity contribution in [2.75, 3.05) is 0 Å². The molecule has 2 aromatic heterocycles. The number of para-hydroxylation sites is 2. The van der Waals surface area contributed by atoms with Crippen LogP contribution in [0.15, 0.2) is 41.9 Å². The van der Waals surface area contributed by atoms with Crippen LogP contribution < -0.4 is 5.32 Å². The summed E-state index contributed by atoms with van der Waals surface area (Å²) in [6.45, 7) is 0. The maximum absolute atomic E-state index is 12.2. The van der Waals surface area contributed by atoms with E-state index in [2.05, 4.69) is 9.97 Å². The van der Waals surface area contributed by atoms with E-state index < -0.39 is 5.97 Å². The zero-order valence-electron chi connectivity index (χ0n) is 10.7. The fourth-order valence-corrected chi connectivity index (χ4v) is 2.61. The molecule has 0 aliphatic rings. The smallest absolute Gasteiger partial charge is 0.367 e. The zero-order valence-corrected chi connectivity index (χ0v) is 11.5. The lowest BCUT2D eigenvalue weighted by Crippen LogP contribution is -2.82. The molecule has 0 aliphatic carbocycles. The number of carboxylic acids is 1. The highest BCUT2D eigenvalue weighted by molar-refractivity contribution is 7.12. The number of thiophene rings is 1. The highest BCUT2D eigenvalue weighted by Gasteiger charge is 2.21. The molecule has 0 atom stereocenters. The molecule has 7 heteroatoms. The molecule has 21 heavy (non-hydrogen) atoms. The Morgan fingerprint density at radius 1 is 1.14 bits per heavy atom. The Morgan fingerprint density at radius 2 is 1.90 bits per heavy atom. The number of hydrogen-bond acceptors (Lipinski definition) is 5.